The topological polar surface area (TPSA) is 54.5 Å². The van der Waals surface area contributed by atoms with Crippen LogP contribution >= 0.6 is 0 Å². The summed E-state index contributed by atoms with van der Waals surface area (Å²) >= 11 is 0. The van der Waals surface area contributed by atoms with E-state index in [2.05, 4.69) is 0 Å². The summed E-state index contributed by atoms with van der Waals surface area (Å²) in [4.78, 5) is 40.7. The van der Waals surface area contributed by atoms with Crippen LogP contribution in [0.4, 0.5) is 5.69 Å². The van der Waals surface area contributed by atoms with E-state index >= 15 is 0 Å². The third-order valence-corrected chi connectivity index (χ3v) is 6.29. The van der Waals surface area contributed by atoms with Gasteiger partial charge in [0, 0.05) is 12.3 Å². The number of benzene rings is 2. The molecule has 6 rings (SSSR count). The zero-order chi connectivity index (χ0) is 18.2. The summed E-state index contributed by atoms with van der Waals surface area (Å²) in [6.07, 6.45) is 0.364. The minimum atomic E-state index is -0.552. The van der Waals surface area contributed by atoms with E-state index in [0.717, 1.165) is 22.3 Å². The monoisotopic (exact) mass is 345 g/mol. The van der Waals surface area contributed by atoms with Crippen molar-refractivity contribution in [2.75, 3.05) is 4.90 Å². The van der Waals surface area contributed by atoms with E-state index in [1.165, 1.54) is 4.90 Å². The molecule has 2 amide bonds. The van der Waals surface area contributed by atoms with Gasteiger partial charge >= 0.3 is 0 Å². The highest BCUT2D eigenvalue weighted by Crippen LogP contribution is 2.57. The minimum Gasteiger partial charge on any atom is -0.299 e. The van der Waals surface area contributed by atoms with Crippen LogP contribution in [0.2, 0.25) is 0 Å². The first kappa shape index (κ1) is 15.5. The minimum absolute atomic E-state index is 0.0962. The molecule has 4 nitrogen and oxygen atoms in total. The third-order valence-electron chi connectivity index (χ3n) is 6.29. The van der Waals surface area contributed by atoms with Gasteiger partial charge in [-0.2, -0.15) is 0 Å². The van der Waals surface area contributed by atoms with Gasteiger partial charge in [0.2, 0.25) is 11.8 Å². The summed E-state index contributed by atoms with van der Waals surface area (Å²) in [6.45, 7) is 3.86. The van der Waals surface area contributed by atoms with E-state index in [1.807, 2.05) is 56.3 Å². The van der Waals surface area contributed by atoms with Crippen molar-refractivity contribution >= 4 is 23.3 Å². The molecule has 4 aliphatic rings. The van der Waals surface area contributed by atoms with Crippen LogP contribution in [0.1, 0.15) is 40.5 Å². The number of nitrogens with zero attached hydrogens (tertiary/aromatic N) is 1. The summed E-state index contributed by atoms with van der Waals surface area (Å²) in [5, 5.41) is 0. The zero-order valence-corrected chi connectivity index (χ0v) is 14.7. The summed E-state index contributed by atoms with van der Waals surface area (Å²) < 4.78 is 0. The number of hydrogen-bond acceptors (Lipinski definition) is 3. The molecule has 0 spiro atoms. The molecule has 0 radical (unpaired) electrons. The van der Waals surface area contributed by atoms with E-state index in [1.54, 1.807) is 0 Å². The maximum absolute atomic E-state index is 13.3. The molecule has 2 aromatic rings. The Labute approximate surface area is 151 Å². The second kappa shape index (κ2) is 5.13. The number of hydrogen-bond donors (Lipinski definition) is 0. The molecule has 3 aliphatic carbocycles. The SMILES string of the molecule is Cc1ccc(C)c(N2C(=O)[C@@H]3[C@H](C2=O)[C@H]2C(=O)C[C@H]3c3ccccc32)c1. The molecule has 4 heteroatoms. The molecular weight excluding hydrogens is 326 g/mol. The Bertz CT molecular complexity index is 993. The lowest BCUT2D eigenvalue weighted by atomic mass is 9.56. The van der Waals surface area contributed by atoms with Crippen molar-refractivity contribution in [3.05, 3.63) is 64.7 Å². The number of carbonyl (C=O) groups excluding carboxylic acids is 3. The maximum atomic E-state index is 13.3. The highest BCUT2D eigenvalue weighted by Gasteiger charge is 2.62. The Morgan fingerprint density at radius 2 is 1.58 bits per heavy atom. The number of carbonyl (C=O) groups is 3. The molecule has 130 valence electrons. The van der Waals surface area contributed by atoms with Crippen LogP contribution in [-0.4, -0.2) is 17.6 Å². The Balaban J connectivity index is 1.68. The predicted octanol–water partition coefficient (Wildman–Crippen LogP) is 3.26. The maximum Gasteiger partial charge on any atom is 0.238 e. The number of fused-ring (bicyclic) bond motifs is 1. The average molecular weight is 345 g/mol. The Kier molecular flexibility index (Phi) is 3.06. The standard InChI is InChI=1S/C22H19NO3/c1-11-7-8-12(2)16(9-11)23-21(25)19-15-10-17(24)18(20(19)22(23)26)14-6-4-3-5-13(14)15/h3-9,15,18-20H,10H2,1-2H3/t15-,18+,19-,20+/m0/s1. The van der Waals surface area contributed by atoms with Gasteiger partial charge in [-0.1, -0.05) is 36.4 Å². The van der Waals surface area contributed by atoms with Crippen molar-refractivity contribution in [3.63, 3.8) is 0 Å². The van der Waals surface area contributed by atoms with Gasteiger partial charge in [0.15, 0.2) is 0 Å². The molecule has 2 bridgehead atoms. The van der Waals surface area contributed by atoms with Crippen LogP contribution in [0, 0.1) is 25.7 Å². The molecule has 4 atom stereocenters. The van der Waals surface area contributed by atoms with E-state index in [-0.39, 0.29) is 23.5 Å². The summed E-state index contributed by atoms with van der Waals surface area (Å²) in [6, 6.07) is 13.6. The normalized spacial score (nSPS) is 29.2. The van der Waals surface area contributed by atoms with Gasteiger partial charge in [0.05, 0.1) is 23.4 Å². The number of Topliss-reactive ketones (excluding diaryl/α,β-unsaturated/α-hetero) is 1. The van der Waals surface area contributed by atoms with Crippen LogP contribution < -0.4 is 4.90 Å². The van der Waals surface area contributed by atoms with Gasteiger partial charge < -0.3 is 0 Å². The van der Waals surface area contributed by atoms with Crippen molar-refractivity contribution in [2.24, 2.45) is 11.8 Å². The van der Waals surface area contributed by atoms with Crippen LogP contribution in [0.3, 0.4) is 0 Å². The van der Waals surface area contributed by atoms with E-state index in [9.17, 15) is 14.4 Å². The third kappa shape index (κ3) is 1.82. The Morgan fingerprint density at radius 1 is 0.885 bits per heavy atom. The van der Waals surface area contributed by atoms with Crippen LogP contribution in [0.5, 0.6) is 0 Å². The lowest BCUT2D eigenvalue weighted by molar-refractivity contribution is -0.134. The van der Waals surface area contributed by atoms with Crippen LogP contribution in [-0.2, 0) is 14.4 Å². The lowest BCUT2D eigenvalue weighted by Crippen LogP contribution is -2.44. The molecule has 2 fully saturated rings. The predicted molar refractivity (Wildman–Crippen MR) is 96.9 cm³/mol. The van der Waals surface area contributed by atoms with E-state index in [4.69, 9.17) is 0 Å². The van der Waals surface area contributed by atoms with E-state index < -0.39 is 17.8 Å². The smallest absolute Gasteiger partial charge is 0.238 e. The highest BCUT2D eigenvalue weighted by atomic mass is 16.2. The van der Waals surface area contributed by atoms with Crippen LogP contribution in [0.15, 0.2) is 42.5 Å². The molecule has 1 aliphatic heterocycles. The summed E-state index contributed by atoms with van der Waals surface area (Å²) in [5.41, 5.74) is 4.57. The van der Waals surface area contributed by atoms with Gasteiger partial charge in [-0.25, -0.2) is 4.90 Å². The lowest BCUT2D eigenvalue weighted by Gasteiger charge is -2.43. The van der Waals surface area contributed by atoms with Gasteiger partial charge in [0.25, 0.3) is 0 Å². The molecule has 26 heavy (non-hydrogen) atoms. The number of amides is 2. The number of ketones is 1. The molecule has 1 heterocycles. The second-order valence-electron chi connectivity index (χ2n) is 7.74. The summed E-state index contributed by atoms with van der Waals surface area (Å²) in [7, 11) is 0. The fourth-order valence-electron chi connectivity index (χ4n) is 5.16. The van der Waals surface area contributed by atoms with Gasteiger partial charge in [0.1, 0.15) is 5.78 Å². The van der Waals surface area contributed by atoms with E-state index in [0.29, 0.717) is 12.1 Å². The van der Waals surface area contributed by atoms with Gasteiger partial charge in [-0.15, -0.1) is 0 Å². The average Bonchev–Trinajstić information content (AvgIpc) is 2.89. The first-order chi connectivity index (χ1) is 12.5. The van der Waals surface area contributed by atoms with Gasteiger partial charge in [-0.05, 0) is 42.2 Å². The molecule has 1 saturated heterocycles. The highest BCUT2D eigenvalue weighted by molar-refractivity contribution is 6.25. The number of rotatable bonds is 1. The second-order valence-corrected chi connectivity index (χ2v) is 7.74. The number of aryl methyl sites for hydroxylation is 2. The fraction of sp³-hybridized carbons (Fsp3) is 0.318. The first-order valence-electron chi connectivity index (χ1n) is 9.05. The Hall–Kier alpha value is -2.75. The summed E-state index contributed by atoms with van der Waals surface area (Å²) in [5.74, 6) is -1.90. The Morgan fingerprint density at radius 3 is 2.35 bits per heavy atom. The molecule has 0 unspecified atom stereocenters. The molecule has 0 N–H and O–H groups in total. The number of anilines is 1. The quantitative estimate of drug-likeness (QED) is 0.746. The van der Waals surface area contributed by atoms with Crippen molar-refractivity contribution in [3.8, 4) is 0 Å². The fourth-order valence-corrected chi connectivity index (χ4v) is 5.16. The molecule has 2 aromatic carbocycles. The van der Waals surface area contributed by atoms with Crippen molar-refractivity contribution < 1.29 is 14.4 Å². The molecule has 0 aromatic heterocycles. The number of imide groups is 1. The largest absolute Gasteiger partial charge is 0.299 e. The van der Waals surface area contributed by atoms with Crippen molar-refractivity contribution in [1.82, 2.24) is 0 Å². The molecular formula is C22H19NO3. The van der Waals surface area contributed by atoms with Crippen molar-refractivity contribution in [1.29, 1.82) is 0 Å². The zero-order valence-electron chi connectivity index (χ0n) is 14.7. The molecule has 1 saturated carbocycles. The van der Waals surface area contributed by atoms with Gasteiger partial charge in [-0.3, -0.25) is 14.4 Å². The van der Waals surface area contributed by atoms with Crippen LogP contribution in [0.25, 0.3) is 0 Å². The van der Waals surface area contributed by atoms with Crippen molar-refractivity contribution in [2.45, 2.75) is 32.1 Å². The first-order valence-corrected chi connectivity index (χ1v) is 9.05.